The second-order valence-electron chi connectivity index (χ2n) is 5.91. The van der Waals surface area contributed by atoms with E-state index in [2.05, 4.69) is 15.0 Å². The number of alkyl halides is 6. The van der Waals surface area contributed by atoms with Crippen LogP contribution in [-0.2, 0) is 6.18 Å². The maximum atomic E-state index is 12.6. The van der Waals surface area contributed by atoms with E-state index in [0.717, 1.165) is 24.3 Å². The van der Waals surface area contributed by atoms with Gasteiger partial charge in [0, 0.05) is 5.69 Å². The molecule has 4 N–H and O–H groups in total. The second-order valence-corrected chi connectivity index (χ2v) is 5.91. The predicted molar refractivity (Wildman–Crippen MR) is 96.2 cm³/mol. The third-order valence-electron chi connectivity index (χ3n) is 3.44. The minimum Gasteiger partial charge on any atom is -0.491 e. The summed E-state index contributed by atoms with van der Waals surface area (Å²) in [6, 6.07) is 8.87. The Kier molecular flexibility index (Phi) is 7.38. The highest BCUT2D eigenvalue weighted by molar-refractivity contribution is 5.92. The molecule has 0 aliphatic rings. The van der Waals surface area contributed by atoms with Gasteiger partial charge in [-0.1, -0.05) is 6.07 Å². The Morgan fingerprint density at radius 1 is 1.03 bits per heavy atom. The average Bonchev–Trinajstić information content (AvgIpc) is 2.65. The maximum absolute atomic E-state index is 12.6. The fourth-order valence-corrected chi connectivity index (χ4v) is 2.14. The number of nitrogens with one attached hydrogen (secondary N) is 1. The average molecular weight is 437 g/mol. The molecule has 6 nitrogen and oxygen atoms in total. The lowest BCUT2D eigenvalue weighted by Gasteiger charge is -2.13. The molecular formula is C18H17F6N3O3. The molecule has 0 saturated carbocycles. The van der Waals surface area contributed by atoms with E-state index < -0.39 is 30.0 Å². The zero-order chi connectivity index (χ0) is 22.4. The van der Waals surface area contributed by atoms with Gasteiger partial charge >= 0.3 is 12.5 Å². The van der Waals surface area contributed by atoms with Crippen LogP contribution in [0.1, 0.15) is 5.56 Å². The summed E-state index contributed by atoms with van der Waals surface area (Å²) in [5.41, 5.74) is 5.06. The Morgan fingerprint density at radius 3 is 2.30 bits per heavy atom. The van der Waals surface area contributed by atoms with Gasteiger partial charge in [-0.05, 0) is 42.5 Å². The van der Waals surface area contributed by atoms with Gasteiger partial charge in [0.15, 0.2) is 5.96 Å². The van der Waals surface area contributed by atoms with E-state index in [9.17, 15) is 31.4 Å². The number of anilines is 1. The van der Waals surface area contributed by atoms with E-state index in [-0.39, 0.29) is 24.9 Å². The van der Waals surface area contributed by atoms with Crippen molar-refractivity contribution in [2.45, 2.75) is 18.6 Å². The summed E-state index contributed by atoms with van der Waals surface area (Å²) in [5.74, 6) is -0.622. The lowest BCUT2D eigenvalue weighted by molar-refractivity contribution is -0.274. The topological polar surface area (TPSA) is 89.1 Å². The van der Waals surface area contributed by atoms with Crippen LogP contribution in [-0.4, -0.2) is 36.7 Å². The monoisotopic (exact) mass is 437 g/mol. The first-order valence-electron chi connectivity index (χ1n) is 8.33. The quantitative estimate of drug-likeness (QED) is 0.349. The van der Waals surface area contributed by atoms with E-state index in [1.807, 2.05) is 0 Å². The molecule has 1 unspecified atom stereocenters. The van der Waals surface area contributed by atoms with Crippen molar-refractivity contribution in [2.24, 2.45) is 10.7 Å². The fraction of sp³-hybridized carbons (Fsp3) is 0.278. The molecule has 0 bridgehead atoms. The summed E-state index contributed by atoms with van der Waals surface area (Å²) in [6.07, 6.45) is -10.5. The van der Waals surface area contributed by atoms with Gasteiger partial charge in [-0.2, -0.15) is 13.2 Å². The van der Waals surface area contributed by atoms with Crippen molar-refractivity contribution in [1.29, 1.82) is 0 Å². The zero-order valence-electron chi connectivity index (χ0n) is 15.2. The highest BCUT2D eigenvalue weighted by Crippen LogP contribution is 2.31. The highest BCUT2D eigenvalue weighted by Gasteiger charge is 2.31. The number of aliphatic hydroxyl groups is 1. The number of rotatable bonds is 7. The fourth-order valence-electron chi connectivity index (χ4n) is 2.14. The molecule has 0 fully saturated rings. The van der Waals surface area contributed by atoms with Crippen molar-refractivity contribution in [3.05, 3.63) is 54.1 Å². The van der Waals surface area contributed by atoms with Crippen molar-refractivity contribution in [3.63, 3.8) is 0 Å². The van der Waals surface area contributed by atoms with Gasteiger partial charge in [0.25, 0.3) is 0 Å². The summed E-state index contributed by atoms with van der Waals surface area (Å²) in [7, 11) is 0. The first-order chi connectivity index (χ1) is 13.9. The Hall–Kier alpha value is -3.15. The van der Waals surface area contributed by atoms with Gasteiger partial charge in [-0.15, -0.1) is 13.2 Å². The van der Waals surface area contributed by atoms with Crippen LogP contribution >= 0.6 is 0 Å². The van der Waals surface area contributed by atoms with Gasteiger partial charge in [-0.3, -0.25) is 4.99 Å². The molecule has 2 aromatic rings. The molecule has 30 heavy (non-hydrogen) atoms. The van der Waals surface area contributed by atoms with E-state index in [4.69, 9.17) is 10.5 Å². The molecule has 0 saturated heterocycles. The number of hydrogen-bond donors (Lipinski definition) is 3. The molecule has 12 heteroatoms. The van der Waals surface area contributed by atoms with Gasteiger partial charge < -0.3 is 25.6 Å². The van der Waals surface area contributed by atoms with Crippen molar-refractivity contribution in [1.82, 2.24) is 0 Å². The number of ether oxygens (including phenoxy) is 2. The second kappa shape index (κ2) is 9.57. The zero-order valence-corrected chi connectivity index (χ0v) is 15.2. The maximum Gasteiger partial charge on any atom is 0.573 e. The minimum absolute atomic E-state index is 0.0693. The van der Waals surface area contributed by atoms with Gasteiger partial charge in [0.1, 0.15) is 24.2 Å². The lowest BCUT2D eigenvalue weighted by Crippen LogP contribution is -2.27. The first-order valence-corrected chi connectivity index (χ1v) is 8.33. The summed E-state index contributed by atoms with van der Waals surface area (Å²) < 4.78 is 83.1. The molecule has 0 aliphatic carbocycles. The number of nitrogens with two attached hydrogens (primary N) is 1. The van der Waals surface area contributed by atoms with Crippen LogP contribution in [0, 0.1) is 0 Å². The van der Waals surface area contributed by atoms with Crippen molar-refractivity contribution in [2.75, 3.05) is 18.5 Å². The number of halogens is 6. The summed E-state index contributed by atoms with van der Waals surface area (Å²) in [4.78, 5) is 3.83. The standard InChI is InChI=1S/C18H17F6N3O3/c19-17(20,21)11-2-1-3-15(8-11)29-10-13(28)9-26-16(25)27-12-4-6-14(7-5-12)30-18(22,23)24/h1-8,13,28H,9-10H2,(H3,25,26,27). The molecule has 0 heterocycles. The van der Waals surface area contributed by atoms with Crippen LogP contribution in [0.15, 0.2) is 53.5 Å². The number of aliphatic imine (C=N–C) groups is 1. The van der Waals surface area contributed by atoms with Crippen molar-refractivity contribution < 1.29 is 40.9 Å². The van der Waals surface area contributed by atoms with Gasteiger partial charge in [0.2, 0.25) is 0 Å². The molecule has 164 valence electrons. The Bertz CT molecular complexity index is 853. The Labute approximate surface area is 166 Å². The van der Waals surface area contributed by atoms with Crippen LogP contribution in [0.5, 0.6) is 11.5 Å². The molecule has 2 rings (SSSR count). The molecule has 0 aromatic heterocycles. The summed E-state index contributed by atoms with van der Waals surface area (Å²) >= 11 is 0. The molecule has 0 aliphatic heterocycles. The summed E-state index contributed by atoms with van der Waals surface area (Å²) in [5, 5.41) is 12.4. The normalized spacial score (nSPS) is 13.6. The van der Waals surface area contributed by atoms with Crippen molar-refractivity contribution >= 4 is 11.6 Å². The van der Waals surface area contributed by atoms with Crippen LogP contribution in [0.3, 0.4) is 0 Å². The molecule has 1 atom stereocenters. The van der Waals surface area contributed by atoms with Crippen LogP contribution in [0.25, 0.3) is 0 Å². The van der Waals surface area contributed by atoms with Crippen LogP contribution < -0.4 is 20.5 Å². The van der Waals surface area contributed by atoms with E-state index in [1.165, 1.54) is 24.3 Å². The third kappa shape index (κ3) is 8.07. The third-order valence-corrected chi connectivity index (χ3v) is 3.44. The van der Waals surface area contributed by atoms with Crippen molar-refractivity contribution in [3.8, 4) is 11.5 Å². The van der Waals surface area contributed by atoms with E-state index >= 15 is 0 Å². The lowest BCUT2D eigenvalue weighted by atomic mass is 10.2. The molecular weight excluding hydrogens is 420 g/mol. The molecule has 0 amide bonds. The highest BCUT2D eigenvalue weighted by atomic mass is 19.4. The van der Waals surface area contributed by atoms with Crippen LogP contribution in [0.2, 0.25) is 0 Å². The largest absolute Gasteiger partial charge is 0.573 e. The summed E-state index contributed by atoms with van der Waals surface area (Å²) in [6.45, 7) is -0.561. The smallest absolute Gasteiger partial charge is 0.491 e. The first kappa shape index (κ1) is 23.1. The van der Waals surface area contributed by atoms with Gasteiger partial charge in [0.05, 0.1) is 12.1 Å². The number of hydrogen-bond acceptors (Lipinski definition) is 4. The SMILES string of the molecule is NC(=NCC(O)COc1cccc(C(F)(F)F)c1)Nc1ccc(OC(F)(F)F)cc1. The molecule has 2 aromatic carbocycles. The van der Waals surface area contributed by atoms with Crippen LogP contribution in [0.4, 0.5) is 32.0 Å². The van der Waals surface area contributed by atoms with E-state index in [0.29, 0.717) is 5.69 Å². The number of guanidine groups is 1. The minimum atomic E-state index is -4.80. The Balaban J connectivity index is 1.82. The van der Waals surface area contributed by atoms with Gasteiger partial charge in [-0.25, -0.2) is 0 Å². The molecule has 0 spiro atoms. The Morgan fingerprint density at radius 2 is 1.70 bits per heavy atom. The predicted octanol–water partition coefficient (Wildman–Crippen LogP) is 3.77. The molecule has 0 radical (unpaired) electrons. The van der Waals surface area contributed by atoms with E-state index in [1.54, 1.807) is 0 Å². The number of benzene rings is 2. The number of nitrogens with zero attached hydrogens (tertiary/aromatic N) is 1. The number of aliphatic hydroxyl groups excluding tert-OH is 1.